The van der Waals surface area contributed by atoms with Crippen LogP contribution in [-0.2, 0) is 16.7 Å². The summed E-state index contributed by atoms with van der Waals surface area (Å²) in [6.45, 7) is 4.92. The molecule has 0 amide bonds. The Hall–Kier alpha value is -0.580. The third-order valence-corrected chi connectivity index (χ3v) is 3.79. The van der Waals surface area contributed by atoms with E-state index in [-0.39, 0.29) is 5.54 Å². The normalized spacial score (nSPS) is 12.3. The van der Waals surface area contributed by atoms with E-state index in [1.165, 1.54) is 0 Å². The van der Waals surface area contributed by atoms with Crippen molar-refractivity contribution < 1.29 is 4.74 Å². The van der Waals surface area contributed by atoms with Crippen LogP contribution in [0.15, 0.2) is 22.7 Å². The summed E-state index contributed by atoms with van der Waals surface area (Å²) in [4.78, 5) is 4.69. The van der Waals surface area contributed by atoms with Crippen molar-refractivity contribution in [2.24, 2.45) is 0 Å². The zero-order chi connectivity index (χ0) is 14.0. The van der Waals surface area contributed by atoms with Gasteiger partial charge in [0.1, 0.15) is 5.82 Å². The Bertz CT molecular complexity index is 580. The number of benzene rings is 1. The molecule has 5 heteroatoms. The highest BCUT2D eigenvalue weighted by atomic mass is 79.9. The zero-order valence-electron chi connectivity index (χ0n) is 11.4. The third-order valence-electron chi connectivity index (χ3n) is 3.11. The van der Waals surface area contributed by atoms with E-state index in [1.807, 2.05) is 12.1 Å². The first kappa shape index (κ1) is 14.8. The minimum Gasteiger partial charge on any atom is -0.382 e. The van der Waals surface area contributed by atoms with E-state index in [1.54, 1.807) is 7.11 Å². The lowest BCUT2D eigenvalue weighted by Gasteiger charge is -2.28. The van der Waals surface area contributed by atoms with Crippen molar-refractivity contribution in [3.63, 3.8) is 0 Å². The minimum atomic E-state index is -0.161. The van der Waals surface area contributed by atoms with Gasteiger partial charge in [-0.2, -0.15) is 0 Å². The van der Waals surface area contributed by atoms with Gasteiger partial charge >= 0.3 is 0 Å². The number of ether oxygens (including phenoxy) is 1. The second kappa shape index (κ2) is 5.81. The lowest BCUT2D eigenvalue weighted by atomic mass is 10.1. The van der Waals surface area contributed by atoms with E-state index in [9.17, 15) is 0 Å². The summed E-state index contributed by atoms with van der Waals surface area (Å²) in [6, 6.07) is 6.13. The standard InChI is InChI=1S/C14H18BrClN2O/c1-14(2,9-19-3)18-12-8-10(15)4-5-11(12)17-13(18)6-7-16/h4-5,8H,6-7,9H2,1-3H3. The molecule has 0 aliphatic rings. The highest BCUT2D eigenvalue weighted by Crippen LogP contribution is 2.28. The van der Waals surface area contributed by atoms with E-state index >= 15 is 0 Å². The van der Waals surface area contributed by atoms with Crippen molar-refractivity contribution in [2.75, 3.05) is 19.6 Å². The molecule has 0 N–H and O–H groups in total. The third kappa shape index (κ3) is 2.96. The number of aryl methyl sites for hydroxylation is 1. The zero-order valence-corrected chi connectivity index (χ0v) is 13.8. The number of halogens is 2. The van der Waals surface area contributed by atoms with Gasteiger partial charge in [-0.15, -0.1) is 11.6 Å². The van der Waals surface area contributed by atoms with Gasteiger partial charge in [-0.25, -0.2) is 4.98 Å². The Morgan fingerprint density at radius 2 is 2.16 bits per heavy atom. The first-order valence-corrected chi connectivity index (χ1v) is 7.54. The quantitative estimate of drug-likeness (QED) is 0.767. The van der Waals surface area contributed by atoms with Gasteiger partial charge in [-0.05, 0) is 32.0 Å². The van der Waals surface area contributed by atoms with Gasteiger partial charge in [-0.1, -0.05) is 15.9 Å². The summed E-state index contributed by atoms with van der Waals surface area (Å²) >= 11 is 9.42. The smallest absolute Gasteiger partial charge is 0.111 e. The molecule has 0 bridgehead atoms. The predicted molar refractivity (Wildman–Crippen MR) is 83.1 cm³/mol. The average molecular weight is 346 g/mol. The fourth-order valence-corrected chi connectivity index (χ4v) is 2.96. The Kier molecular flexibility index (Phi) is 4.54. The van der Waals surface area contributed by atoms with Crippen LogP contribution in [0, 0.1) is 0 Å². The Balaban J connectivity index is 2.66. The molecule has 0 saturated heterocycles. The molecule has 19 heavy (non-hydrogen) atoms. The van der Waals surface area contributed by atoms with E-state index in [0.29, 0.717) is 12.5 Å². The second-order valence-electron chi connectivity index (χ2n) is 5.18. The molecule has 0 unspecified atom stereocenters. The molecule has 2 rings (SSSR count). The van der Waals surface area contributed by atoms with Crippen molar-refractivity contribution in [1.82, 2.24) is 9.55 Å². The molecule has 0 saturated carbocycles. The van der Waals surface area contributed by atoms with Gasteiger partial charge < -0.3 is 9.30 Å². The number of alkyl halides is 1. The summed E-state index contributed by atoms with van der Waals surface area (Å²) < 4.78 is 8.63. The van der Waals surface area contributed by atoms with Crippen molar-refractivity contribution in [2.45, 2.75) is 25.8 Å². The molecule has 1 aromatic heterocycles. The van der Waals surface area contributed by atoms with Crippen molar-refractivity contribution in [3.05, 3.63) is 28.5 Å². The first-order chi connectivity index (χ1) is 8.99. The van der Waals surface area contributed by atoms with Crippen LogP contribution in [0.5, 0.6) is 0 Å². The number of aromatic nitrogens is 2. The van der Waals surface area contributed by atoms with E-state index < -0.39 is 0 Å². The number of nitrogens with zero attached hydrogens (tertiary/aromatic N) is 2. The highest BCUT2D eigenvalue weighted by molar-refractivity contribution is 9.10. The first-order valence-electron chi connectivity index (χ1n) is 6.22. The molecule has 1 aromatic carbocycles. The summed E-state index contributed by atoms with van der Waals surface area (Å²) in [6.07, 6.45) is 0.751. The topological polar surface area (TPSA) is 27.1 Å². The maximum atomic E-state index is 5.90. The fraction of sp³-hybridized carbons (Fsp3) is 0.500. The lowest BCUT2D eigenvalue weighted by molar-refractivity contribution is 0.110. The summed E-state index contributed by atoms with van der Waals surface area (Å²) in [5, 5.41) is 0. The van der Waals surface area contributed by atoms with Crippen LogP contribution in [0.3, 0.4) is 0 Å². The Morgan fingerprint density at radius 3 is 2.79 bits per heavy atom. The van der Waals surface area contributed by atoms with Gasteiger partial charge in [-0.3, -0.25) is 0 Å². The molecular formula is C14H18BrClN2O. The van der Waals surface area contributed by atoms with Crippen molar-refractivity contribution >= 4 is 38.6 Å². The van der Waals surface area contributed by atoms with Crippen LogP contribution in [-0.4, -0.2) is 29.1 Å². The number of hydrogen-bond donors (Lipinski definition) is 0. The van der Waals surface area contributed by atoms with Crippen molar-refractivity contribution in [1.29, 1.82) is 0 Å². The number of methoxy groups -OCH3 is 1. The summed E-state index contributed by atoms with van der Waals surface area (Å²) in [5.41, 5.74) is 1.94. The maximum Gasteiger partial charge on any atom is 0.111 e. The van der Waals surface area contributed by atoms with Crippen LogP contribution in [0.25, 0.3) is 11.0 Å². The predicted octanol–water partition coefficient (Wildman–Crippen LogP) is 3.96. The van der Waals surface area contributed by atoms with Crippen LogP contribution in [0.1, 0.15) is 19.7 Å². The van der Waals surface area contributed by atoms with Crippen LogP contribution in [0.4, 0.5) is 0 Å². The molecule has 0 fully saturated rings. The van der Waals surface area contributed by atoms with Gasteiger partial charge in [0, 0.05) is 23.9 Å². The monoisotopic (exact) mass is 344 g/mol. The number of imidazole rings is 1. The molecule has 2 aromatic rings. The number of hydrogen-bond acceptors (Lipinski definition) is 2. The molecule has 3 nitrogen and oxygen atoms in total. The van der Waals surface area contributed by atoms with Crippen molar-refractivity contribution in [3.8, 4) is 0 Å². The second-order valence-corrected chi connectivity index (χ2v) is 6.47. The number of rotatable bonds is 5. The Morgan fingerprint density at radius 1 is 1.42 bits per heavy atom. The van der Waals surface area contributed by atoms with Gasteiger partial charge in [0.15, 0.2) is 0 Å². The lowest BCUT2D eigenvalue weighted by Crippen LogP contribution is -2.33. The van der Waals surface area contributed by atoms with E-state index in [2.05, 4.69) is 40.4 Å². The minimum absolute atomic E-state index is 0.161. The molecule has 0 aliphatic heterocycles. The summed E-state index contributed by atoms with van der Waals surface area (Å²) in [7, 11) is 1.72. The van der Waals surface area contributed by atoms with Gasteiger partial charge in [0.05, 0.1) is 23.2 Å². The van der Waals surface area contributed by atoms with E-state index in [4.69, 9.17) is 21.3 Å². The van der Waals surface area contributed by atoms with E-state index in [0.717, 1.165) is 27.8 Å². The molecule has 1 heterocycles. The fourth-order valence-electron chi connectivity index (χ4n) is 2.44. The maximum absolute atomic E-state index is 5.90. The molecule has 0 aliphatic carbocycles. The van der Waals surface area contributed by atoms with Crippen LogP contribution < -0.4 is 0 Å². The SMILES string of the molecule is COCC(C)(C)n1c(CCCl)nc2ccc(Br)cc21. The highest BCUT2D eigenvalue weighted by Gasteiger charge is 2.25. The Labute approximate surface area is 127 Å². The molecule has 0 radical (unpaired) electrons. The molecule has 0 spiro atoms. The summed E-state index contributed by atoms with van der Waals surface area (Å²) in [5.74, 6) is 1.57. The van der Waals surface area contributed by atoms with Crippen LogP contribution >= 0.6 is 27.5 Å². The molecule has 0 atom stereocenters. The van der Waals surface area contributed by atoms with Crippen LogP contribution in [0.2, 0.25) is 0 Å². The largest absolute Gasteiger partial charge is 0.382 e. The average Bonchev–Trinajstić information content (AvgIpc) is 2.67. The number of fused-ring (bicyclic) bond motifs is 1. The van der Waals surface area contributed by atoms with Gasteiger partial charge in [0.25, 0.3) is 0 Å². The molecular weight excluding hydrogens is 328 g/mol. The van der Waals surface area contributed by atoms with Gasteiger partial charge in [0.2, 0.25) is 0 Å². The molecule has 104 valence electrons.